The van der Waals surface area contributed by atoms with Crippen molar-refractivity contribution in [1.82, 2.24) is 9.97 Å². The Morgan fingerprint density at radius 2 is 1.73 bits per heavy atom. The molecule has 0 saturated heterocycles. The first kappa shape index (κ1) is 20.5. The summed E-state index contributed by atoms with van der Waals surface area (Å²) in [6.45, 7) is 1.60. The highest BCUT2D eigenvalue weighted by atomic mass is 19.1. The summed E-state index contributed by atoms with van der Waals surface area (Å²) >= 11 is 0. The fraction of sp³-hybridized carbons (Fsp3) is 0.125. The molecule has 5 rings (SSSR count). The topological polar surface area (TPSA) is 108 Å². The number of hydrogen-bond acceptors (Lipinski definition) is 7. The first-order valence-corrected chi connectivity index (χ1v) is 9.89. The molecule has 0 saturated carbocycles. The number of aromatic nitrogens is 2. The van der Waals surface area contributed by atoms with Crippen molar-refractivity contribution in [2.75, 3.05) is 14.2 Å². The Bertz CT molecular complexity index is 1650. The third-order valence-corrected chi connectivity index (χ3v) is 5.40. The number of rotatable bonds is 4. The van der Waals surface area contributed by atoms with Gasteiger partial charge in [0.2, 0.25) is 11.2 Å². The van der Waals surface area contributed by atoms with E-state index in [0.29, 0.717) is 16.5 Å². The van der Waals surface area contributed by atoms with E-state index < -0.39 is 16.9 Å². The van der Waals surface area contributed by atoms with Gasteiger partial charge in [0.25, 0.3) is 0 Å². The summed E-state index contributed by atoms with van der Waals surface area (Å²) in [6, 6.07) is 8.73. The van der Waals surface area contributed by atoms with Crippen LogP contribution in [0.1, 0.15) is 5.76 Å². The molecule has 0 unspecified atom stereocenters. The minimum Gasteiger partial charge on any atom is -0.495 e. The van der Waals surface area contributed by atoms with Gasteiger partial charge in [-0.2, -0.15) is 4.98 Å². The first-order valence-electron chi connectivity index (χ1n) is 9.89. The number of nitrogens with one attached hydrogen (secondary N) is 1. The predicted octanol–water partition coefficient (Wildman–Crippen LogP) is 4.42. The molecule has 3 heterocycles. The van der Waals surface area contributed by atoms with Crippen molar-refractivity contribution in [2.24, 2.45) is 0 Å². The highest BCUT2D eigenvalue weighted by molar-refractivity contribution is 6.07. The number of fused-ring (bicyclic) bond motifs is 2. The molecule has 0 atom stereocenters. The van der Waals surface area contributed by atoms with Gasteiger partial charge in [0.15, 0.2) is 11.2 Å². The quantitative estimate of drug-likeness (QED) is 0.434. The molecular weight excluding hydrogens is 431 g/mol. The van der Waals surface area contributed by atoms with E-state index in [1.165, 1.54) is 44.7 Å². The normalized spacial score (nSPS) is 11.3. The van der Waals surface area contributed by atoms with E-state index in [1.807, 2.05) is 0 Å². The van der Waals surface area contributed by atoms with Crippen LogP contribution in [-0.4, -0.2) is 24.2 Å². The minimum atomic E-state index is -0.666. The second-order valence-electron chi connectivity index (χ2n) is 7.29. The van der Waals surface area contributed by atoms with Crippen molar-refractivity contribution in [3.63, 3.8) is 0 Å². The van der Waals surface area contributed by atoms with Gasteiger partial charge in [0, 0.05) is 5.56 Å². The number of halogens is 1. The number of aromatic amines is 1. The Balaban J connectivity index is 1.85. The smallest absolute Gasteiger partial charge is 0.345 e. The average molecular weight is 448 g/mol. The van der Waals surface area contributed by atoms with E-state index >= 15 is 0 Å². The fourth-order valence-corrected chi connectivity index (χ4v) is 3.98. The third-order valence-electron chi connectivity index (χ3n) is 5.40. The highest BCUT2D eigenvalue weighted by Crippen LogP contribution is 2.43. The van der Waals surface area contributed by atoms with Crippen LogP contribution in [0.25, 0.3) is 44.5 Å². The van der Waals surface area contributed by atoms with Crippen LogP contribution in [-0.2, 0) is 0 Å². The zero-order valence-electron chi connectivity index (χ0n) is 17.8. The Morgan fingerprint density at radius 3 is 2.42 bits per heavy atom. The number of H-pyrrole nitrogens is 1. The molecule has 0 bridgehead atoms. The summed E-state index contributed by atoms with van der Waals surface area (Å²) in [7, 11) is 2.88. The van der Waals surface area contributed by atoms with Crippen LogP contribution in [0.15, 0.2) is 61.1 Å². The van der Waals surface area contributed by atoms with Crippen LogP contribution < -0.4 is 20.6 Å². The number of hydrogen-bond donors (Lipinski definition) is 1. The van der Waals surface area contributed by atoms with E-state index in [2.05, 4.69) is 9.97 Å². The maximum Gasteiger partial charge on any atom is 0.345 e. The van der Waals surface area contributed by atoms with Crippen LogP contribution in [0, 0.1) is 12.7 Å². The van der Waals surface area contributed by atoms with Crippen molar-refractivity contribution in [3.8, 4) is 34.0 Å². The molecule has 1 N–H and O–H groups in total. The summed E-state index contributed by atoms with van der Waals surface area (Å²) in [4.78, 5) is 32.6. The first-order chi connectivity index (χ1) is 15.9. The van der Waals surface area contributed by atoms with Gasteiger partial charge in [-0.3, -0.25) is 4.79 Å². The number of methoxy groups -OCH3 is 2. The van der Waals surface area contributed by atoms with E-state index in [-0.39, 0.29) is 45.2 Å². The van der Waals surface area contributed by atoms with Gasteiger partial charge in [-0.25, -0.2) is 9.18 Å². The van der Waals surface area contributed by atoms with Gasteiger partial charge in [-0.1, -0.05) is 0 Å². The molecule has 5 aromatic rings. The second kappa shape index (κ2) is 7.63. The molecule has 0 aliphatic carbocycles. The molecule has 0 aliphatic rings. The molecule has 9 heteroatoms. The number of ether oxygens (including phenoxy) is 2. The Morgan fingerprint density at radius 1 is 1.00 bits per heavy atom. The predicted molar refractivity (Wildman–Crippen MR) is 119 cm³/mol. The lowest BCUT2D eigenvalue weighted by atomic mass is 10.0. The van der Waals surface area contributed by atoms with Crippen molar-refractivity contribution < 1.29 is 22.7 Å². The molecule has 0 spiro atoms. The lowest BCUT2D eigenvalue weighted by Gasteiger charge is -2.13. The molecule has 33 heavy (non-hydrogen) atoms. The number of aryl methyl sites for hydroxylation is 1. The highest BCUT2D eigenvalue weighted by Gasteiger charge is 2.26. The summed E-state index contributed by atoms with van der Waals surface area (Å²) in [5, 5.41) is 0.684. The van der Waals surface area contributed by atoms with Crippen LogP contribution >= 0.6 is 0 Å². The van der Waals surface area contributed by atoms with Gasteiger partial charge in [0.1, 0.15) is 22.7 Å². The van der Waals surface area contributed by atoms with E-state index in [9.17, 15) is 14.0 Å². The standard InChI is InChI=1S/C24H17FN2O6/c1-11-17(16-10-15(26-24(29)27-16)12-4-6-13(25)7-5-12)19(28)18-20(30-2)14-8-9-32-21(14)23(31-3)22(18)33-11/h4-10H,1-3H3,(H,26,27,29). The fourth-order valence-electron chi connectivity index (χ4n) is 3.98. The molecule has 0 aliphatic heterocycles. The number of furan rings is 1. The molecule has 166 valence electrons. The molecular formula is C24H17FN2O6. The summed E-state index contributed by atoms with van der Waals surface area (Å²) in [5.41, 5.74) is 0.587. The van der Waals surface area contributed by atoms with Crippen LogP contribution in [0.4, 0.5) is 4.39 Å². The number of benzene rings is 2. The maximum atomic E-state index is 13.7. The SMILES string of the molecule is COc1c2occc2c(OC)c2c(=O)c(-c3cc(-c4ccc(F)cc4)nc(=O)[nH]3)c(C)oc12. The Labute approximate surface area is 185 Å². The zero-order valence-corrected chi connectivity index (χ0v) is 17.8. The molecule has 0 fully saturated rings. The maximum absolute atomic E-state index is 13.7. The van der Waals surface area contributed by atoms with Gasteiger partial charge in [0.05, 0.1) is 42.8 Å². The second-order valence-corrected chi connectivity index (χ2v) is 7.29. The Kier molecular flexibility index (Phi) is 4.74. The van der Waals surface area contributed by atoms with E-state index in [1.54, 1.807) is 19.1 Å². The lowest BCUT2D eigenvalue weighted by Crippen LogP contribution is -2.16. The molecule has 3 aromatic heterocycles. The molecule has 8 nitrogen and oxygen atoms in total. The van der Waals surface area contributed by atoms with E-state index in [0.717, 1.165) is 0 Å². The van der Waals surface area contributed by atoms with Crippen LogP contribution in [0.3, 0.4) is 0 Å². The molecule has 0 amide bonds. The lowest BCUT2D eigenvalue weighted by molar-refractivity contribution is 0.399. The van der Waals surface area contributed by atoms with Gasteiger partial charge >= 0.3 is 5.69 Å². The molecule has 2 aromatic carbocycles. The number of nitrogens with zero attached hydrogens (tertiary/aromatic N) is 1. The van der Waals surface area contributed by atoms with Crippen LogP contribution in [0.2, 0.25) is 0 Å². The third kappa shape index (κ3) is 3.16. The van der Waals surface area contributed by atoms with Crippen molar-refractivity contribution in [1.29, 1.82) is 0 Å². The van der Waals surface area contributed by atoms with Gasteiger partial charge in [-0.05, 0) is 43.3 Å². The monoisotopic (exact) mass is 448 g/mol. The summed E-state index contributed by atoms with van der Waals surface area (Å²) in [6.07, 6.45) is 1.46. The largest absolute Gasteiger partial charge is 0.495 e. The van der Waals surface area contributed by atoms with Crippen molar-refractivity contribution >= 4 is 21.9 Å². The van der Waals surface area contributed by atoms with Crippen molar-refractivity contribution in [3.05, 3.63) is 74.9 Å². The summed E-state index contributed by atoms with van der Waals surface area (Å²) in [5.74, 6) is 0.347. The van der Waals surface area contributed by atoms with Crippen molar-refractivity contribution in [2.45, 2.75) is 6.92 Å². The Hall–Kier alpha value is -4.40. The average Bonchev–Trinajstić information content (AvgIpc) is 3.27. The zero-order chi connectivity index (χ0) is 23.3. The van der Waals surface area contributed by atoms with Gasteiger partial charge < -0.3 is 23.3 Å². The molecule has 0 radical (unpaired) electrons. The van der Waals surface area contributed by atoms with E-state index in [4.69, 9.17) is 18.3 Å². The van der Waals surface area contributed by atoms with Crippen LogP contribution in [0.5, 0.6) is 11.5 Å². The van der Waals surface area contributed by atoms with Gasteiger partial charge in [-0.15, -0.1) is 0 Å². The minimum absolute atomic E-state index is 0.133. The summed E-state index contributed by atoms with van der Waals surface area (Å²) < 4.78 is 35.9.